The zero-order valence-electron chi connectivity index (χ0n) is 10.2. The van der Waals surface area contributed by atoms with E-state index in [9.17, 15) is 4.79 Å². The van der Waals surface area contributed by atoms with Gasteiger partial charge in [0.25, 0.3) is 0 Å². The van der Waals surface area contributed by atoms with E-state index >= 15 is 0 Å². The summed E-state index contributed by atoms with van der Waals surface area (Å²) in [6.45, 7) is 6.14. The van der Waals surface area contributed by atoms with Crippen LogP contribution in [0.25, 0.3) is 0 Å². The minimum atomic E-state index is -0.326. The maximum Gasteiger partial charge on any atom is 0.325 e. The molecular weight excluding hydrogens is 242 g/mol. The Morgan fingerprint density at radius 1 is 1.53 bits per heavy atom. The zero-order chi connectivity index (χ0) is 12.8. The molecule has 1 aromatic rings. The van der Waals surface area contributed by atoms with Gasteiger partial charge in [0.1, 0.15) is 23.3 Å². The SMILES string of the molecule is CCOC(=O)CNc1cc(Cl)nc(C(C)C)n1. The topological polar surface area (TPSA) is 64.1 Å². The molecule has 0 aromatic carbocycles. The van der Waals surface area contributed by atoms with Crippen LogP contribution < -0.4 is 5.32 Å². The second kappa shape index (κ2) is 6.39. The molecule has 1 rings (SSSR count). The number of nitrogens with zero attached hydrogens (tertiary/aromatic N) is 2. The quantitative estimate of drug-likeness (QED) is 0.647. The summed E-state index contributed by atoms with van der Waals surface area (Å²) < 4.78 is 4.79. The molecule has 17 heavy (non-hydrogen) atoms. The van der Waals surface area contributed by atoms with Crippen molar-refractivity contribution >= 4 is 23.4 Å². The molecule has 0 saturated heterocycles. The third kappa shape index (κ3) is 4.56. The normalized spacial score (nSPS) is 10.4. The van der Waals surface area contributed by atoms with Crippen LogP contribution in [-0.2, 0) is 9.53 Å². The first-order valence-corrected chi connectivity index (χ1v) is 5.84. The number of rotatable bonds is 5. The molecule has 0 spiro atoms. The highest BCUT2D eigenvalue weighted by Gasteiger charge is 2.08. The van der Waals surface area contributed by atoms with Gasteiger partial charge in [-0.25, -0.2) is 9.97 Å². The van der Waals surface area contributed by atoms with E-state index in [1.165, 1.54) is 0 Å². The Morgan fingerprint density at radius 2 is 2.24 bits per heavy atom. The molecule has 0 aliphatic rings. The monoisotopic (exact) mass is 257 g/mol. The van der Waals surface area contributed by atoms with Crippen LogP contribution in [0.3, 0.4) is 0 Å². The van der Waals surface area contributed by atoms with E-state index in [4.69, 9.17) is 16.3 Å². The largest absolute Gasteiger partial charge is 0.465 e. The van der Waals surface area contributed by atoms with Gasteiger partial charge in [0, 0.05) is 12.0 Å². The molecular formula is C11H16ClN3O2. The molecule has 6 heteroatoms. The van der Waals surface area contributed by atoms with Gasteiger partial charge in [0.05, 0.1) is 6.61 Å². The van der Waals surface area contributed by atoms with E-state index in [2.05, 4.69) is 15.3 Å². The number of carbonyl (C=O) groups excluding carboxylic acids is 1. The van der Waals surface area contributed by atoms with Crippen LogP contribution in [-0.4, -0.2) is 29.1 Å². The molecule has 5 nitrogen and oxygen atoms in total. The molecule has 0 atom stereocenters. The van der Waals surface area contributed by atoms with E-state index in [0.717, 1.165) is 0 Å². The molecule has 0 bridgehead atoms. The average molecular weight is 258 g/mol. The number of hydrogen-bond acceptors (Lipinski definition) is 5. The molecule has 94 valence electrons. The van der Waals surface area contributed by atoms with Crippen molar-refractivity contribution < 1.29 is 9.53 Å². The summed E-state index contributed by atoms with van der Waals surface area (Å²) in [4.78, 5) is 19.5. The van der Waals surface area contributed by atoms with Crippen LogP contribution in [0.15, 0.2) is 6.07 Å². The number of nitrogens with one attached hydrogen (secondary N) is 1. The van der Waals surface area contributed by atoms with Gasteiger partial charge < -0.3 is 10.1 Å². The maximum absolute atomic E-state index is 11.2. The summed E-state index contributed by atoms with van der Waals surface area (Å²) in [7, 11) is 0. The maximum atomic E-state index is 11.2. The molecule has 0 aliphatic carbocycles. The Morgan fingerprint density at radius 3 is 2.82 bits per heavy atom. The lowest BCUT2D eigenvalue weighted by atomic mass is 10.2. The predicted octanol–water partition coefficient (Wildman–Crippen LogP) is 2.23. The minimum absolute atomic E-state index is 0.0682. The minimum Gasteiger partial charge on any atom is -0.465 e. The van der Waals surface area contributed by atoms with Crippen LogP contribution in [0.5, 0.6) is 0 Å². The second-order valence-corrected chi connectivity index (χ2v) is 4.13. The summed E-state index contributed by atoms with van der Waals surface area (Å²) in [6.07, 6.45) is 0. The van der Waals surface area contributed by atoms with E-state index in [0.29, 0.717) is 23.4 Å². The lowest BCUT2D eigenvalue weighted by Gasteiger charge is -2.09. The van der Waals surface area contributed by atoms with Crippen molar-refractivity contribution in [1.82, 2.24) is 9.97 Å². The van der Waals surface area contributed by atoms with Crippen LogP contribution in [0.1, 0.15) is 32.5 Å². The Balaban J connectivity index is 2.68. The summed E-state index contributed by atoms with van der Waals surface area (Å²) in [5, 5.41) is 3.21. The lowest BCUT2D eigenvalue weighted by Crippen LogP contribution is -2.17. The third-order valence-electron chi connectivity index (χ3n) is 1.95. The van der Waals surface area contributed by atoms with Crippen molar-refractivity contribution in [3.8, 4) is 0 Å². The Bertz CT molecular complexity index is 396. The molecule has 1 N–H and O–H groups in total. The van der Waals surface area contributed by atoms with Crippen LogP contribution in [0.2, 0.25) is 5.15 Å². The number of ether oxygens (including phenoxy) is 1. The molecule has 0 saturated carbocycles. The first kappa shape index (κ1) is 13.7. The summed E-state index contributed by atoms with van der Waals surface area (Å²) in [6, 6.07) is 1.58. The van der Waals surface area contributed by atoms with Crippen LogP contribution in [0.4, 0.5) is 5.82 Å². The molecule has 0 fully saturated rings. The molecule has 0 unspecified atom stereocenters. The van der Waals surface area contributed by atoms with Crippen molar-refractivity contribution in [2.75, 3.05) is 18.5 Å². The van der Waals surface area contributed by atoms with Gasteiger partial charge in [0.2, 0.25) is 0 Å². The van der Waals surface area contributed by atoms with Crippen molar-refractivity contribution in [3.05, 3.63) is 17.0 Å². The third-order valence-corrected chi connectivity index (χ3v) is 2.14. The number of anilines is 1. The highest BCUT2D eigenvalue weighted by Crippen LogP contribution is 2.16. The predicted molar refractivity (Wildman–Crippen MR) is 66.3 cm³/mol. The fourth-order valence-corrected chi connectivity index (χ4v) is 1.35. The highest BCUT2D eigenvalue weighted by atomic mass is 35.5. The Hall–Kier alpha value is -1.36. The number of aromatic nitrogens is 2. The lowest BCUT2D eigenvalue weighted by molar-refractivity contribution is -0.140. The number of esters is 1. The molecule has 0 amide bonds. The Labute approximate surface area is 106 Å². The summed E-state index contributed by atoms with van der Waals surface area (Å²) >= 11 is 5.86. The van der Waals surface area contributed by atoms with Crippen molar-refractivity contribution in [2.24, 2.45) is 0 Å². The van der Waals surface area contributed by atoms with Gasteiger partial charge in [-0.05, 0) is 6.92 Å². The highest BCUT2D eigenvalue weighted by molar-refractivity contribution is 6.29. The number of carbonyl (C=O) groups is 1. The van der Waals surface area contributed by atoms with Crippen molar-refractivity contribution in [3.63, 3.8) is 0 Å². The van der Waals surface area contributed by atoms with Gasteiger partial charge in [-0.3, -0.25) is 4.79 Å². The standard InChI is InChI=1S/C11H16ClN3O2/c1-4-17-10(16)6-13-9-5-8(12)14-11(15-9)7(2)3/h5,7H,4,6H2,1-3H3,(H,13,14,15). The van der Waals surface area contributed by atoms with Gasteiger partial charge in [-0.1, -0.05) is 25.4 Å². The number of halogens is 1. The van der Waals surface area contributed by atoms with Gasteiger partial charge in [-0.2, -0.15) is 0 Å². The Kier molecular flexibility index (Phi) is 5.15. The molecule has 0 aliphatic heterocycles. The van der Waals surface area contributed by atoms with Crippen molar-refractivity contribution in [1.29, 1.82) is 0 Å². The second-order valence-electron chi connectivity index (χ2n) is 3.75. The van der Waals surface area contributed by atoms with E-state index in [-0.39, 0.29) is 18.4 Å². The van der Waals surface area contributed by atoms with Gasteiger partial charge >= 0.3 is 5.97 Å². The van der Waals surface area contributed by atoms with Gasteiger partial charge in [0.15, 0.2) is 0 Å². The summed E-state index contributed by atoms with van der Waals surface area (Å²) in [5.41, 5.74) is 0. The fourth-order valence-electron chi connectivity index (χ4n) is 1.16. The summed E-state index contributed by atoms with van der Waals surface area (Å²) in [5.74, 6) is 1.02. The van der Waals surface area contributed by atoms with E-state index in [1.54, 1.807) is 13.0 Å². The fraction of sp³-hybridized carbons (Fsp3) is 0.545. The zero-order valence-corrected chi connectivity index (χ0v) is 10.9. The molecule has 1 aromatic heterocycles. The number of hydrogen-bond donors (Lipinski definition) is 1. The van der Waals surface area contributed by atoms with Crippen LogP contribution >= 0.6 is 11.6 Å². The molecule has 0 radical (unpaired) electrons. The molecule has 1 heterocycles. The van der Waals surface area contributed by atoms with E-state index < -0.39 is 0 Å². The van der Waals surface area contributed by atoms with E-state index in [1.807, 2.05) is 13.8 Å². The van der Waals surface area contributed by atoms with Crippen molar-refractivity contribution in [2.45, 2.75) is 26.7 Å². The first-order chi connectivity index (χ1) is 8.02. The average Bonchev–Trinajstić information content (AvgIpc) is 2.26. The van der Waals surface area contributed by atoms with Crippen LogP contribution in [0, 0.1) is 0 Å². The smallest absolute Gasteiger partial charge is 0.325 e. The van der Waals surface area contributed by atoms with Gasteiger partial charge in [-0.15, -0.1) is 0 Å². The first-order valence-electron chi connectivity index (χ1n) is 5.47.